The predicted octanol–water partition coefficient (Wildman–Crippen LogP) is 3.34. The van der Waals surface area contributed by atoms with Gasteiger partial charge in [0, 0.05) is 36.9 Å². The lowest BCUT2D eigenvalue weighted by molar-refractivity contribution is -0.132. The number of nitrogens with zero attached hydrogens (tertiary/aromatic N) is 2. The van der Waals surface area contributed by atoms with Crippen molar-refractivity contribution in [1.29, 1.82) is 0 Å². The molecule has 0 atom stereocenters. The van der Waals surface area contributed by atoms with E-state index in [1.165, 1.54) is 48.8 Å². The van der Waals surface area contributed by atoms with Crippen molar-refractivity contribution < 1.29 is 39.6 Å². The zero-order valence-electron chi connectivity index (χ0n) is 22.0. The van der Waals surface area contributed by atoms with Crippen LogP contribution < -0.4 is 11.5 Å². The van der Waals surface area contributed by atoms with E-state index in [9.17, 15) is 19.2 Å². The molecule has 0 aliphatic rings. The number of phenols is 2. The van der Waals surface area contributed by atoms with Crippen LogP contribution in [-0.4, -0.2) is 54.1 Å². The molecule has 12 nitrogen and oxygen atoms in total. The van der Waals surface area contributed by atoms with Crippen LogP contribution in [0, 0.1) is 0 Å². The maximum Gasteiger partial charge on any atom is 0.328 e. The van der Waals surface area contributed by atoms with Gasteiger partial charge in [0.2, 0.25) is 11.8 Å². The molecule has 12 heteroatoms. The number of carboxylic acid groups (broad SMARTS) is 2. The predicted molar refractivity (Wildman–Crippen MR) is 155 cm³/mol. The van der Waals surface area contributed by atoms with Gasteiger partial charge in [-0.25, -0.2) is 9.59 Å². The van der Waals surface area contributed by atoms with Gasteiger partial charge in [0.15, 0.2) is 0 Å². The number of rotatable bonds is 6. The molecule has 0 saturated heterocycles. The fourth-order valence-electron chi connectivity index (χ4n) is 2.52. The number of carboxylic acids is 2. The highest BCUT2D eigenvalue weighted by Gasteiger charge is 1.96. The number of aliphatic carboxylic acids is 2. The largest absolute Gasteiger partial charge is 0.508 e. The van der Waals surface area contributed by atoms with Crippen LogP contribution in [-0.2, 0) is 9.59 Å². The van der Waals surface area contributed by atoms with Crippen LogP contribution >= 0.6 is 0 Å². The van der Waals surface area contributed by atoms with Crippen LogP contribution in [0.1, 0.15) is 31.8 Å². The topological polar surface area (TPSA) is 227 Å². The van der Waals surface area contributed by atoms with Gasteiger partial charge in [0.1, 0.15) is 11.5 Å². The van der Waals surface area contributed by atoms with Crippen molar-refractivity contribution in [1.82, 2.24) is 9.97 Å². The molecule has 2 aromatic heterocycles. The van der Waals surface area contributed by atoms with E-state index in [-0.39, 0.29) is 11.5 Å². The van der Waals surface area contributed by atoms with Crippen molar-refractivity contribution in [3.63, 3.8) is 0 Å². The third-order valence-electron chi connectivity index (χ3n) is 4.52. The number of carbonyl (C=O) groups excluding carboxylic acids is 2. The van der Waals surface area contributed by atoms with E-state index >= 15 is 0 Å². The third kappa shape index (κ3) is 15.8. The summed E-state index contributed by atoms with van der Waals surface area (Å²) in [5.41, 5.74) is 12.2. The number of benzene rings is 2. The first kappa shape index (κ1) is 33.7. The number of hydrogen-bond donors (Lipinski definition) is 6. The highest BCUT2D eigenvalue weighted by Crippen LogP contribution is 2.11. The highest BCUT2D eigenvalue weighted by atomic mass is 16.4. The van der Waals surface area contributed by atoms with E-state index in [1.54, 1.807) is 60.9 Å². The van der Waals surface area contributed by atoms with Gasteiger partial charge >= 0.3 is 11.9 Å². The minimum atomic E-state index is -0.983. The van der Waals surface area contributed by atoms with Gasteiger partial charge in [-0.1, -0.05) is 24.3 Å². The van der Waals surface area contributed by atoms with Crippen molar-refractivity contribution in [2.45, 2.75) is 0 Å². The van der Waals surface area contributed by atoms with Crippen molar-refractivity contribution >= 4 is 35.9 Å². The van der Waals surface area contributed by atoms with Crippen molar-refractivity contribution in [2.75, 3.05) is 0 Å². The van der Waals surface area contributed by atoms with Crippen molar-refractivity contribution in [2.24, 2.45) is 11.5 Å². The number of primary amides is 2. The Balaban J connectivity index is 0.000000283. The van der Waals surface area contributed by atoms with Crippen LogP contribution in [0.25, 0.3) is 12.2 Å². The molecular formula is C30H28N4O8. The minimum absolute atomic E-state index is 0.169. The van der Waals surface area contributed by atoms with Crippen molar-refractivity contribution in [3.8, 4) is 11.5 Å². The van der Waals surface area contributed by atoms with Crippen molar-refractivity contribution in [3.05, 3.63) is 132 Å². The third-order valence-corrected chi connectivity index (χ3v) is 4.52. The first-order valence-corrected chi connectivity index (χ1v) is 11.8. The molecule has 0 fully saturated rings. The van der Waals surface area contributed by atoms with Gasteiger partial charge in [0.25, 0.3) is 0 Å². The average Bonchev–Trinajstić information content (AvgIpc) is 2.98. The molecule has 0 radical (unpaired) electrons. The number of phenolic OH excluding ortho intramolecular Hbond substituents is 2. The second-order valence-corrected chi connectivity index (χ2v) is 7.74. The summed E-state index contributed by atoms with van der Waals surface area (Å²) in [4.78, 5) is 48.4. The van der Waals surface area contributed by atoms with Gasteiger partial charge < -0.3 is 31.9 Å². The Morgan fingerprint density at radius 3 is 1.12 bits per heavy atom. The SMILES string of the molecule is NC(=O)c1cccnc1.NC(=O)c1cccnc1.O=C(O)/C=C/c1ccc(O)cc1.O=C(O)/C=C/c1ccc(O)cc1. The number of aromatic hydroxyl groups is 2. The summed E-state index contributed by atoms with van der Waals surface area (Å²) in [7, 11) is 0. The number of aromatic nitrogens is 2. The maximum absolute atomic E-state index is 10.4. The number of hydrogen-bond acceptors (Lipinski definition) is 8. The van der Waals surface area contributed by atoms with Gasteiger partial charge in [-0.3, -0.25) is 19.6 Å². The molecule has 216 valence electrons. The van der Waals surface area contributed by atoms with Gasteiger partial charge in [-0.15, -0.1) is 0 Å². The lowest BCUT2D eigenvalue weighted by Gasteiger charge is -1.92. The molecule has 0 unspecified atom stereocenters. The molecule has 4 aromatic rings. The maximum atomic E-state index is 10.4. The van der Waals surface area contributed by atoms with Crippen LogP contribution in [0.2, 0.25) is 0 Å². The van der Waals surface area contributed by atoms with E-state index in [4.69, 9.17) is 31.9 Å². The molecule has 8 N–H and O–H groups in total. The molecule has 42 heavy (non-hydrogen) atoms. The zero-order chi connectivity index (χ0) is 31.3. The van der Waals surface area contributed by atoms with E-state index < -0.39 is 23.8 Å². The van der Waals surface area contributed by atoms with E-state index in [0.29, 0.717) is 11.1 Å². The number of pyridine rings is 2. The molecule has 0 aliphatic heterocycles. The summed E-state index contributed by atoms with van der Waals surface area (Å²) in [6.45, 7) is 0. The smallest absolute Gasteiger partial charge is 0.328 e. The Bertz CT molecular complexity index is 1360. The average molecular weight is 573 g/mol. The first-order chi connectivity index (χ1) is 20.0. The summed E-state index contributed by atoms with van der Waals surface area (Å²) in [5, 5.41) is 34.4. The van der Waals surface area contributed by atoms with E-state index in [2.05, 4.69) is 9.97 Å². The van der Waals surface area contributed by atoms with Crippen LogP contribution in [0.3, 0.4) is 0 Å². The Morgan fingerprint density at radius 1 is 0.571 bits per heavy atom. The van der Waals surface area contributed by atoms with Gasteiger partial charge in [0.05, 0.1) is 11.1 Å². The minimum Gasteiger partial charge on any atom is -0.508 e. The second-order valence-electron chi connectivity index (χ2n) is 7.74. The lowest BCUT2D eigenvalue weighted by atomic mass is 10.2. The van der Waals surface area contributed by atoms with Crippen LogP contribution in [0.5, 0.6) is 11.5 Å². The Hall–Kier alpha value is -6.30. The second kappa shape index (κ2) is 18.9. The molecule has 0 spiro atoms. The number of carbonyl (C=O) groups is 4. The highest BCUT2D eigenvalue weighted by molar-refractivity contribution is 5.92. The lowest BCUT2D eigenvalue weighted by Crippen LogP contribution is -2.10. The fraction of sp³-hybridized carbons (Fsp3) is 0. The Labute approximate surface area is 240 Å². The molecule has 4 rings (SSSR count). The zero-order valence-corrected chi connectivity index (χ0v) is 22.0. The van der Waals surface area contributed by atoms with E-state index in [0.717, 1.165) is 23.3 Å². The summed E-state index contributed by atoms with van der Waals surface area (Å²) in [6.07, 6.45) is 11.1. The normalized spacial score (nSPS) is 9.71. The number of amides is 2. The molecular weight excluding hydrogens is 544 g/mol. The number of nitrogens with two attached hydrogens (primary N) is 2. The Morgan fingerprint density at radius 2 is 0.905 bits per heavy atom. The summed E-state index contributed by atoms with van der Waals surface area (Å²) in [6, 6.07) is 19.1. The monoisotopic (exact) mass is 572 g/mol. The molecule has 2 aromatic carbocycles. The van der Waals surface area contributed by atoms with E-state index in [1.807, 2.05) is 0 Å². The molecule has 0 saturated carbocycles. The summed E-state index contributed by atoms with van der Waals surface area (Å²) >= 11 is 0. The summed E-state index contributed by atoms with van der Waals surface area (Å²) < 4.78 is 0. The quantitative estimate of drug-likeness (QED) is 0.185. The van der Waals surface area contributed by atoms with Gasteiger partial charge in [-0.05, 0) is 71.8 Å². The van der Waals surface area contributed by atoms with Crippen LogP contribution in [0.15, 0.2) is 110 Å². The first-order valence-electron chi connectivity index (χ1n) is 11.8. The van der Waals surface area contributed by atoms with Gasteiger partial charge in [-0.2, -0.15) is 0 Å². The Kier molecular flexibility index (Phi) is 15.2. The molecule has 0 bridgehead atoms. The molecule has 2 amide bonds. The standard InChI is InChI=1S/2C9H8O3.2C6H6N2O/c2*10-8-4-1-7(2-5-8)3-6-9(11)12;2*7-6(9)5-2-1-3-8-4-5/h2*1-6,10H,(H,11,12);2*1-4H,(H2,7,9)/b2*6-3+;;. The van der Waals surface area contributed by atoms with Crippen LogP contribution in [0.4, 0.5) is 0 Å². The fourth-order valence-corrected chi connectivity index (χ4v) is 2.52. The molecule has 2 heterocycles. The molecule has 0 aliphatic carbocycles. The summed E-state index contributed by atoms with van der Waals surface area (Å²) in [5.74, 6) is -2.51.